The molecule has 0 radical (unpaired) electrons. The van der Waals surface area contributed by atoms with Crippen molar-refractivity contribution >= 4 is 29.0 Å². The third-order valence-corrected chi connectivity index (χ3v) is 4.20. The minimum absolute atomic E-state index is 0.0189. The Morgan fingerprint density at radius 1 is 1.31 bits per heavy atom. The molecule has 3 N–H and O–H groups in total. The Morgan fingerprint density at radius 2 is 2.15 bits per heavy atom. The number of anilines is 1. The van der Waals surface area contributed by atoms with Gasteiger partial charge in [0, 0.05) is 35.8 Å². The number of nitrogens with zero attached hydrogens (tertiary/aromatic N) is 5. The van der Waals surface area contributed by atoms with Crippen LogP contribution in [-0.2, 0) is 4.79 Å². The lowest BCUT2D eigenvalue weighted by Gasteiger charge is -2.05. The van der Waals surface area contributed by atoms with E-state index in [0.29, 0.717) is 22.2 Å². The number of carbonyl (C=O) groups excluding carboxylic acids is 1. The van der Waals surface area contributed by atoms with E-state index in [4.69, 9.17) is 5.84 Å². The second kappa shape index (κ2) is 7.61. The number of thioether (sulfide) groups is 1. The zero-order valence-corrected chi connectivity index (χ0v) is 14.1. The van der Waals surface area contributed by atoms with Crippen molar-refractivity contribution in [1.29, 1.82) is 0 Å². The molecule has 0 unspecified atom stereocenters. The molecule has 1 amide bonds. The number of amides is 1. The number of nitro groups is 1. The van der Waals surface area contributed by atoms with Crippen LogP contribution < -0.4 is 11.2 Å². The molecule has 0 aliphatic heterocycles. The number of nitrogens with two attached hydrogens (primary N) is 1. The third kappa shape index (κ3) is 3.95. The predicted octanol–water partition coefficient (Wildman–Crippen LogP) is 1.69. The lowest BCUT2D eigenvalue weighted by atomic mass is 10.3. The number of benzene rings is 1. The molecule has 3 aromatic rings. The first-order valence-corrected chi connectivity index (χ1v) is 8.31. The van der Waals surface area contributed by atoms with Gasteiger partial charge in [-0.15, -0.1) is 10.2 Å². The van der Waals surface area contributed by atoms with Crippen molar-refractivity contribution in [1.82, 2.24) is 19.9 Å². The number of hydrogen-bond acceptors (Lipinski definition) is 8. The van der Waals surface area contributed by atoms with Gasteiger partial charge < -0.3 is 11.2 Å². The second-order valence-electron chi connectivity index (χ2n) is 5.06. The van der Waals surface area contributed by atoms with Crippen LogP contribution in [0, 0.1) is 10.1 Å². The maximum Gasteiger partial charge on any atom is 0.271 e. The van der Waals surface area contributed by atoms with Crippen molar-refractivity contribution < 1.29 is 9.72 Å². The number of nitro benzene ring substituents is 1. The normalized spacial score (nSPS) is 10.5. The van der Waals surface area contributed by atoms with Gasteiger partial charge >= 0.3 is 0 Å². The van der Waals surface area contributed by atoms with Crippen LogP contribution in [0.5, 0.6) is 0 Å². The minimum Gasteiger partial charge on any atom is -0.335 e. The number of aromatic nitrogens is 4. The summed E-state index contributed by atoms with van der Waals surface area (Å²) in [5.41, 5.74) is 0.948. The molecule has 11 heteroatoms. The summed E-state index contributed by atoms with van der Waals surface area (Å²) in [7, 11) is 0. The molecule has 2 heterocycles. The fourth-order valence-corrected chi connectivity index (χ4v) is 2.75. The molecule has 0 fully saturated rings. The SMILES string of the molecule is Nn1c(SCC(=O)Nc2cccc([N+](=O)[O-])c2)nnc1-c1cccnc1. The zero-order valence-electron chi connectivity index (χ0n) is 13.3. The van der Waals surface area contributed by atoms with Crippen molar-refractivity contribution in [2.24, 2.45) is 0 Å². The highest BCUT2D eigenvalue weighted by Gasteiger charge is 2.14. The third-order valence-electron chi connectivity index (χ3n) is 3.26. The fourth-order valence-electron chi connectivity index (χ4n) is 2.09. The summed E-state index contributed by atoms with van der Waals surface area (Å²) in [6.45, 7) is 0. The van der Waals surface area contributed by atoms with Gasteiger partial charge in [-0.3, -0.25) is 19.9 Å². The van der Waals surface area contributed by atoms with Crippen LogP contribution in [0.4, 0.5) is 11.4 Å². The smallest absolute Gasteiger partial charge is 0.271 e. The molecular formula is C15H13N7O3S. The molecule has 2 aromatic heterocycles. The molecular weight excluding hydrogens is 358 g/mol. The molecule has 0 saturated carbocycles. The number of carbonyl (C=O) groups is 1. The second-order valence-corrected chi connectivity index (χ2v) is 6.00. The van der Waals surface area contributed by atoms with Crippen LogP contribution in [0.1, 0.15) is 0 Å². The molecule has 0 bridgehead atoms. The molecule has 0 aliphatic carbocycles. The van der Waals surface area contributed by atoms with Crippen LogP contribution in [0.25, 0.3) is 11.4 Å². The zero-order chi connectivity index (χ0) is 18.5. The Morgan fingerprint density at radius 3 is 2.88 bits per heavy atom. The lowest BCUT2D eigenvalue weighted by molar-refractivity contribution is -0.384. The standard InChI is InChI=1S/C15H13N7O3S/c16-21-14(10-3-2-6-17-8-10)19-20-15(21)26-9-13(23)18-11-4-1-5-12(7-11)22(24)25/h1-8H,9,16H2,(H,18,23). The van der Waals surface area contributed by atoms with Gasteiger partial charge in [-0.25, -0.2) is 4.68 Å². The Kier molecular flexibility index (Phi) is 5.08. The number of hydrogen-bond donors (Lipinski definition) is 2. The summed E-state index contributed by atoms with van der Waals surface area (Å²) in [6.07, 6.45) is 3.24. The Hall–Kier alpha value is -3.47. The maximum absolute atomic E-state index is 12.0. The minimum atomic E-state index is -0.527. The van der Waals surface area contributed by atoms with Crippen LogP contribution in [0.3, 0.4) is 0 Å². The average Bonchev–Trinajstić information content (AvgIpc) is 3.01. The van der Waals surface area contributed by atoms with E-state index < -0.39 is 4.92 Å². The highest BCUT2D eigenvalue weighted by molar-refractivity contribution is 7.99. The summed E-state index contributed by atoms with van der Waals surface area (Å²) < 4.78 is 1.28. The van der Waals surface area contributed by atoms with Crippen molar-refractivity contribution in [2.75, 3.05) is 16.9 Å². The van der Waals surface area contributed by atoms with E-state index in [2.05, 4.69) is 20.5 Å². The van der Waals surface area contributed by atoms with E-state index in [-0.39, 0.29) is 17.3 Å². The van der Waals surface area contributed by atoms with Gasteiger partial charge in [0.25, 0.3) is 5.69 Å². The summed E-state index contributed by atoms with van der Waals surface area (Å²) in [6, 6.07) is 9.25. The van der Waals surface area contributed by atoms with E-state index in [0.717, 1.165) is 11.8 Å². The van der Waals surface area contributed by atoms with E-state index in [9.17, 15) is 14.9 Å². The van der Waals surface area contributed by atoms with E-state index >= 15 is 0 Å². The van der Waals surface area contributed by atoms with Gasteiger partial charge in [0.2, 0.25) is 11.1 Å². The van der Waals surface area contributed by atoms with Crippen LogP contribution >= 0.6 is 11.8 Å². The van der Waals surface area contributed by atoms with E-state index in [1.54, 1.807) is 30.6 Å². The van der Waals surface area contributed by atoms with E-state index in [1.165, 1.54) is 22.9 Å². The lowest BCUT2D eigenvalue weighted by Crippen LogP contribution is -2.16. The van der Waals surface area contributed by atoms with Gasteiger partial charge in [0.05, 0.1) is 10.7 Å². The first kappa shape index (κ1) is 17.4. The molecule has 0 spiro atoms. The molecule has 0 aliphatic rings. The van der Waals surface area contributed by atoms with Gasteiger partial charge in [-0.1, -0.05) is 17.8 Å². The largest absolute Gasteiger partial charge is 0.335 e. The van der Waals surface area contributed by atoms with Gasteiger partial charge in [0.1, 0.15) is 0 Å². The van der Waals surface area contributed by atoms with Crippen molar-refractivity contribution in [3.63, 3.8) is 0 Å². The maximum atomic E-state index is 12.0. The Balaban J connectivity index is 1.63. The number of nitrogen functional groups attached to an aromatic ring is 1. The summed E-state index contributed by atoms with van der Waals surface area (Å²) in [5.74, 6) is 6.07. The number of nitrogens with one attached hydrogen (secondary N) is 1. The number of non-ortho nitro benzene ring substituents is 1. The predicted molar refractivity (Wildman–Crippen MR) is 95.9 cm³/mol. The summed E-state index contributed by atoms with van der Waals surface area (Å²) >= 11 is 1.10. The quantitative estimate of drug-likeness (QED) is 0.288. The Bertz CT molecular complexity index is 945. The fraction of sp³-hybridized carbons (Fsp3) is 0.0667. The van der Waals surface area contributed by atoms with Crippen LogP contribution in [0.15, 0.2) is 53.9 Å². The number of pyridine rings is 1. The molecule has 3 rings (SSSR count). The summed E-state index contributed by atoms with van der Waals surface area (Å²) in [5, 5.41) is 21.7. The van der Waals surface area contributed by atoms with Crippen molar-refractivity contribution in [3.05, 3.63) is 58.9 Å². The molecule has 132 valence electrons. The Labute approximate surface area is 151 Å². The summed E-state index contributed by atoms with van der Waals surface area (Å²) in [4.78, 5) is 26.3. The van der Waals surface area contributed by atoms with Crippen LogP contribution in [0.2, 0.25) is 0 Å². The van der Waals surface area contributed by atoms with Gasteiger partial charge in [0.15, 0.2) is 5.82 Å². The monoisotopic (exact) mass is 371 g/mol. The highest BCUT2D eigenvalue weighted by atomic mass is 32.2. The first-order chi connectivity index (χ1) is 12.5. The molecule has 0 atom stereocenters. The molecule has 26 heavy (non-hydrogen) atoms. The number of rotatable bonds is 6. The van der Waals surface area contributed by atoms with E-state index in [1.807, 2.05) is 0 Å². The van der Waals surface area contributed by atoms with Gasteiger partial charge in [-0.05, 0) is 18.2 Å². The molecule has 0 saturated heterocycles. The topological polar surface area (TPSA) is 142 Å². The van der Waals surface area contributed by atoms with Gasteiger partial charge in [-0.2, -0.15) is 0 Å². The van der Waals surface area contributed by atoms with Crippen molar-refractivity contribution in [2.45, 2.75) is 5.16 Å². The first-order valence-electron chi connectivity index (χ1n) is 7.32. The molecule has 10 nitrogen and oxygen atoms in total. The molecule has 1 aromatic carbocycles. The average molecular weight is 371 g/mol. The van der Waals surface area contributed by atoms with Crippen LogP contribution in [-0.4, -0.2) is 36.4 Å². The highest BCUT2D eigenvalue weighted by Crippen LogP contribution is 2.21. The van der Waals surface area contributed by atoms with Crippen molar-refractivity contribution in [3.8, 4) is 11.4 Å².